The second-order valence-electron chi connectivity index (χ2n) is 12.8. The molecule has 0 radical (unpaired) electrons. The van der Waals surface area contributed by atoms with E-state index in [1.165, 1.54) is 12.1 Å². The van der Waals surface area contributed by atoms with Gasteiger partial charge >= 0.3 is 7.12 Å². The molecule has 2 saturated heterocycles. The van der Waals surface area contributed by atoms with Crippen molar-refractivity contribution < 1.29 is 27.7 Å². The first-order chi connectivity index (χ1) is 17.9. The highest BCUT2D eigenvalue weighted by Gasteiger charge is 2.68. The quantitative estimate of drug-likeness (QED) is 0.474. The van der Waals surface area contributed by atoms with Crippen LogP contribution in [0.15, 0.2) is 18.2 Å². The van der Waals surface area contributed by atoms with Gasteiger partial charge in [0.25, 0.3) is 0 Å². The number of hydrogen-bond acceptors (Lipinski definition) is 5. The zero-order valence-electron chi connectivity index (χ0n) is 23.1. The Kier molecular flexibility index (Phi) is 7.26. The molecule has 0 spiro atoms. The number of hydrogen-bond donors (Lipinski definition) is 2. The van der Waals surface area contributed by atoms with E-state index in [1.807, 2.05) is 0 Å². The molecule has 5 fully saturated rings. The molecule has 5 aliphatic rings. The van der Waals surface area contributed by atoms with Crippen molar-refractivity contribution in [3.8, 4) is 0 Å². The lowest BCUT2D eigenvalue weighted by atomic mass is 9.43. The summed E-state index contributed by atoms with van der Waals surface area (Å²) in [4.78, 5) is 27.3. The molecule has 1 aromatic rings. The van der Waals surface area contributed by atoms with Crippen LogP contribution in [-0.4, -0.2) is 55.7 Å². The highest BCUT2D eigenvalue weighted by molar-refractivity contribution is 6.47. The summed E-state index contributed by atoms with van der Waals surface area (Å²) in [5, 5.41) is 5.75. The Hall–Kier alpha value is -2.20. The molecule has 2 aliphatic heterocycles. The van der Waals surface area contributed by atoms with E-state index in [0.29, 0.717) is 37.1 Å². The lowest BCUT2D eigenvalue weighted by molar-refractivity contribution is -0.199. The van der Waals surface area contributed by atoms with E-state index >= 15 is 0 Å². The molecular weight excluding hydrogens is 491 g/mol. The van der Waals surface area contributed by atoms with Crippen LogP contribution in [0.2, 0.25) is 0 Å². The van der Waals surface area contributed by atoms with Crippen LogP contribution in [0.25, 0.3) is 0 Å². The maximum absolute atomic E-state index is 14.2. The summed E-state index contributed by atoms with van der Waals surface area (Å²) in [7, 11) is -0.526. The smallest absolute Gasteiger partial charge is 0.404 e. The Balaban J connectivity index is 1.18. The molecule has 208 valence electrons. The highest BCUT2D eigenvalue weighted by Crippen LogP contribution is 2.65. The fourth-order valence-corrected chi connectivity index (χ4v) is 7.07. The number of nitrogens with one attached hydrogen (secondary N) is 2. The molecule has 1 aromatic carbocycles. The number of carbonyl (C=O) groups is 2. The van der Waals surface area contributed by atoms with E-state index in [9.17, 15) is 18.4 Å². The maximum atomic E-state index is 14.2. The molecule has 2 unspecified atom stereocenters. The first-order valence-corrected chi connectivity index (χ1v) is 14.0. The van der Waals surface area contributed by atoms with Crippen molar-refractivity contribution >= 4 is 24.6 Å². The van der Waals surface area contributed by atoms with Gasteiger partial charge < -0.3 is 24.8 Å². The second kappa shape index (κ2) is 10.1. The number of halogens is 2. The summed E-state index contributed by atoms with van der Waals surface area (Å²) in [5.74, 6) is -0.845. The molecule has 6 rings (SSSR count). The fourth-order valence-electron chi connectivity index (χ4n) is 7.07. The number of benzene rings is 1. The molecule has 38 heavy (non-hydrogen) atoms. The number of rotatable bonds is 9. The van der Waals surface area contributed by atoms with Crippen molar-refractivity contribution in [1.29, 1.82) is 0 Å². The third-order valence-corrected chi connectivity index (χ3v) is 9.66. The molecule has 7 nitrogen and oxygen atoms in total. The predicted octanol–water partition coefficient (Wildman–Crippen LogP) is 3.85. The minimum Gasteiger partial charge on any atom is -0.404 e. The van der Waals surface area contributed by atoms with Gasteiger partial charge in [0.2, 0.25) is 11.8 Å². The van der Waals surface area contributed by atoms with E-state index < -0.39 is 24.8 Å². The van der Waals surface area contributed by atoms with Crippen LogP contribution in [0.5, 0.6) is 0 Å². The zero-order valence-corrected chi connectivity index (χ0v) is 23.1. The van der Waals surface area contributed by atoms with Crippen molar-refractivity contribution in [1.82, 2.24) is 10.6 Å². The monoisotopic (exact) mass is 531 g/mol. The van der Waals surface area contributed by atoms with Gasteiger partial charge in [-0.25, -0.2) is 8.78 Å². The van der Waals surface area contributed by atoms with Crippen molar-refractivity contribution in [3.05, 3.63) is 29.8 Å². The minimum atomic E-state index is -0.708. The average Bonchev–Trinajstić information content (AvgIpc) is 3.18. The minimum absolute atomic E-state index is 0.0267. The normalized spacial score (nSPS) is 31.8. The van der Waals surface area contributed by atoms with Gasteiger partial charge in [0.05, 0.1) is 29.9 Å². The lowest BCUT2D eigenvalue weighted by Gasteiger charge is -2.64. The third kappa shape index (κ3) is 4.83. The molecule has 3 aliphatic carbocycles. The van der Waals surface area contributed by atoms with Crippen LogP contribution < -0.4 is 15.5 Å². The van der Waals surface area contributed by atoms with Gasteiger partial charge in [-0.1, -0.05) is 27.7 Å². The van der Waals surface area contributed by atoms with Crippen molar-refractivity contribution in [2.75, 3.05) is 18.0 Å². The highest BCUT2D eigenvalue weighted by atomic mass is 19.1. The third-order valence-electron chi connectivity index (χ3n) is 9.66. The van der Waals surface area contributed by atoms with Gasteiger partial charge in [-0.05, 0) is 74.3 Å². The van der Waals surface area contributed by atoms with E-state index in [-0.39, 0.29) is 47.1 Å². The Labute approximate surface area is 224 Å². The first kappa shape index (κ1) is 27.4. The van der Waals surface area contributed by atoms with Crippen LogP contribution >= 0.6 is 0 Å². The van der Waals surface area contributed by atoms with Crippen LogP contribution in [0.1, 0.15) is 66.7 Å². The largest absolute Gasteiger partial charge is 0.481 e. The summed E-state index contributed by atoms with van der Waals surface area (Å²) in [6.07, 6.45) is 4.31. The van der Waals surface area contributed by atoms with Crippen LogP contribution in [-0.2, 0) is 18.9 Å². The molecule has 0 aromatic heterocycles. The Morgan fingerprint density at radius 1 is 1.18 bits per heavy atom. The first-order valence-electron chi connectivity index (χ1n) is 14.0. The van der Waals surface area contributed by atoms with Gasteiger partial charge in [-0.15, -0.1) is 0 Å². The zero-order chi connectivity index (χ0) is 27.4. The lowest BCUT2D eigenvalue weighted by Crippen LogP contribution is -2.65. The van der Waals surface area contributed by atoms with Crippen LogP contribution in [0, 0.1) is 34.8 Å². The van der Waals surface area contributed by atoms with Crippen molar-refractivity contribution in [2.45, 2.75) is 90.4 Å². The standard InChI is InChI=1S/C28H40BF2N3O4/c1-16(2)6-9-24(29-37-23-13-17-12-22(27(17,3)4)28(23,5)38-29)33-25(35)15-32-26(36)21-10-11-34(21)20-8-7-18(30)14-19(20)31/h7-8,14,16-17,21-24H,6,9-13,15H2,1-5H3,(H,32,36)(H,33,35)/t17-,21?,22-,23?,24-,28-/m0/s1. The van der Waals surface area contributed by atoms with Gasteiger partial charge in [-0.3, -0.25) is 9.59 Å². The second-order valence-corrected chi connectivity index (χ2v) is 12.8. The van der Waals surface area contributed by atoms with E-state index in [0.717, 1.165) is 25.3 Å². The summed E-state index contributed by atoms with van der Waals surface area (Å²) < 4.78 is 40.5. The van der Waals surface area contributed by atoms with Gasteiger partial charge in [-0.2, -0.15) is 0 Å². The van der Waals surface area contributed by atoms with Gasteiger partial charge in [0.15, 0.2) is 0 Å². The molecule has 2 heterocycles. The molecular formula is C28H40BF2N3O4. The SMILES string of the molecule is CC(C)CC[C@H](NC(=O)CNC(=O)C1CCN1c1ccc(F)cc1F)B1OC2C[C@@H]3C[C@@H](C3(C)C)[C@]2(C)O1. The van der Waals surface area contributed by atoms with E-state index in [2.05, 4.69) is 45.3 Å². The number of nitrogens with zero attached hydrogens (tertiary/aromatic N) is 1. The molecule has 2 bridgehead atoms. The fraction of sp³-hybridized carbons (Fsp3) is 0.714. The summed E-state index contributed by atoms with van der Waals surface area (Å²) in [6.45, 7) is 11.4. The Morgan fingerprint density at radius 2 is 1.95 bits per heavy atom. The molecule has 3 saturated carbocycles. The Bertz CT molecular complexity index is 1090. The summed E-state index contributed by atoms with van der Waals surface area (Å²) >= 11 is 0. The van der Waals surface area contributed by atoms with Crippen LogP contribution in [0.3, 0.4) is 0 Å². The molecule has 2 N–H and O–H groups in total. The van der Waals surface area contributed by atoms with Gasteiger partial charge in [0, 0.05) is 12.6 Å². The molecule has 10 heteroatoms. The summed E-state index contributed by atoms with van der Waals surface area (Å²) in [5.41, 5.74) is 0.0559. The topological polar surface area (TPSA) is 79.9 Å². The van der Waals surface area contributed by atoms with Crippen LogP contribution in [0.4, 0.5) is 14.5 Å². The molecule has 6 atom stereocenters. The van der Waals surface area contributed by atoms with E-state index in [1.54, 1.807) is 4.90 Å². The molecule has 2 amide bonds. The predicted molar refractivity (Wildman–Crippen MR) is 141 cm³/mol. The van der Waals surface area contributed by atoms with E-state index in [4.69, 9.17) is 9.31 Å². The average molecular weight is 531 g/mol. The number of amides is 2. The van der Waals surface area contributed by atoms with Crippen molar-refractivity contribution in [2.24, 2.45) is 23.2 Å². The summed E-state index contributed by atoms with van der Waals surface area (Å²) in [6, 6.07) is 2.71. The Morgan fingerprint density at radius 3 is 2.58 bits per heavy atom. The number of anilines is 1. The van der Waals surface area contributed by atoms with Crippen molar-refractivity contribution in [3.63, 3.8) is 0 Å². The van der Waals surface area contributed by atoms with Gasteiger partial charge in [0.1, 0.15) is 17.7 Å². The number of carbonyl (C=O) groups excluding carboxylic acids is 2. The maximum Gasteiger partial charge on any atom is 0.481 e.